The number of rotatable bonds is 6. The molecule has 154 valence electrons. The van der Waals surface area contributed by atoms with Crippen LogP contribution in [-0.4, -0.2) is 27.1 Å². The van der Waals surface area contributed by atoms with Crippen molar-refractivity contribution >= 4 is 33.7 Å². The minimum atomic E-state index is -1.63. The maximum atomic E-state index is 13.1. The second-order valence-electron chi connectivity index (χ2n) is 6.16. The van der Waals surface area contributed by atoms with E-state index in [4.69, 9.17) is 10.5 Å². The Bertz CT molecular complexity index is 1210. The van der Waals surface area contributed by atoms with Crippen LogP contribution in [0, 0.1) is 5.82 Å². The van der Waals surface area contributed by atoms with Crippen LogP contribution in [0.3, 0.4) is 0 Å². The van der Waals surface area contributed by atoms with Crippen LogP contribution in [0.5, 0.6) is 5.75 Å². The molecule has 10 heteroatoms. The topological polar surface area (TPSA) is 143 Å². The van der Waals surface area contributed by atoms with Gasteiger partial charge < -0.3 is 25.7 Å². The van der Waals surface area contributed by atoms with Gasteiger partial charge in [-0.05, 0) is 35.9 Å². The smallest absolute Gasteiger partial charge is 0.342 e. The molecule has 1 heterocycles. The molecule has 0 atom stereocenters. The molecule has 8 nitrogen and oxygen atoms in total. The third-order valence-corrected chi connectivity index (χ3v) is 4.68. The minimum Gasteiger partial charge on any atom is -0.488 e. The zero-order valence-corrected chi connectivity index (χ0v) is 16.7. The Morgan fingerprint density at radius 3 is 2.30 bits per heavy atom. The number of nitrogen functional groups attached to an aromatic ring is 1. The lowest BCUT2D eigenvalue weighted by molar-refractivity contribution is 0.0695. The molecule has 0 unspecified atom stereocenters. The van der Waals surface area contributed by atoms with Gasteiger partial charge in [0.05, 0.1) is 0 Å². The molecular weight excluding hydrogens is 463 g/mol. The second-order valence-corrected chi connectivity index (χ2v) is 7.07. The fourth-order valence-corrected chi connectivity index (χ4v) is 3.24. The molecule has 3 rings (SSSR count). The van der Waals surface area contributed by atoms with Crippen molar-refractivity contribution in [3.63, 3.8) is 0 Å². The van der Waals surface area contributed by atoms with Crippen LogP contribution < -0.4 is 16.0 Å². The maximum absolute atomic E-state index is 13.1. The van der Waals surface area contributed by atoms with Gasteiger partial charge in [0.15, 0.2) is 0 Å². The van der Waals surface area contributed by atoms with Crippen LogP contribution >= 0.6 is 15.9 Å². The average molecular weight is 477 g/mol. The van der Waals surface area contributed by atoms with E-state index in [1.54, 1.807) is 6.07 Å². The number of hydrogen-bond donors (Lipinski definition) is 4. The summed E-state index contributed by atoms with van der Waals surface area (Å²) in [7, 11) is 0. The Kier molecular flexibility index (Phi) is 5.88. The number of halogens is 2. The van der Waals surface area contributed by atoms with E-state index in [0.29, 0.717) is 10.0 Å². The Morgan fingerprint density at radius 2 is 1.70 bits per heavy atom. The SMILES string of the molecule is Nc1[nH]c(=O)c(C(=O)O)c(-c2cc(Br)ccc2OCc2ccc(F)cc2)c1C(=O)O. The highest BCUT2D eigenvalue weighted by Crippen LogP contribution is 2.38. The Hall–Kier alpha value is -3.66. The number of pyridine rings is 1. The number of ether oxygens (including phenoxy) is 1. The van der Waals surface area contributed by atoms with Gasteiger partial charge in [0.25, 0.3) is 5.56 Å². The molecule has 0 spiro atoms. The fraction of sp³-hybridized carbons (Fsp3) is 0.0500. The first-order chi connectivity index (χ1) is 14.2. The minimum absolute atomic E-state index is 0.0155. The highest BCUT2D eigenvalue weighted by Gasteiger charge is 2.28. The zero-order chi connectivity index (χ0) is 22.0. The molecule has 0 aliphatic rings. The molecule has 1 aromatic heterocycles. The largest absolute Gasteiger partial charge is 0.488 e. The van der Waals surface area contributed by atoms with Crippen molar-refractivity contribution in [1.29, 1.82) is 0 Å². The molecule has 2 aromatic carbocycles. The van der Waals surface area contributed by atoms with E-state index in [1.165, 1.54) is 36.4 Å². The van der Waals surface area contributed by atoms with Gasteiger partial charge in [0.1, 0.15) is 35.1 Å². The van der Waals surface area contributed by atoms with E-state index in [-0.39, 0.29) is 23.5 Å². The summed E-state index contributed by atoms with van der Waals surface area (Å²) in [5.74, 6) is -3.95. The number of anilines is 1. The van der Waals surface area contributed by atoms with Crippen molar-refractivity contribution in [3.05, 3.63) is 79.8 Å². The van der Waals surface area contributed by atoms with Crippen LogP contribution in [0.1, 0.15) is 26.3 Å². The van der Waals surface area contributed by atoms with Gasteiger partial charge in [-0.1, -0.05) is 28.1 Å². The number of benzene rings is 2. The number of carbonyl (C=O) groups is 2. The lowest BCUT2D eigenvalue weighted by atomic mass is 9.94. The summed E-state index contributed by atoms with van der Waals surface area (Å²) < 4.78 is 19.3. The molecule has 0 aliphatic carbocycles. The predicted molar refractivity (Wildman–Crippen MR) is 109 cm³/mol. The van der Waals surface area contributed by atoms with E-state index in [0.717, 1.165) is 0 Å². The van der Waals surface area contributed by atoms with Gasteiger partial charge in [-0.25, -0.2) is 14.0 Å². The number of aromatic amines is 1. The highest BCUT2D eigenvalue weighted by atomic mass is 79.9. The predicted octanol–water partition coefficient (Wildman–Crippen LogP) is 3.50. The molecule has 0 saturated carbocycles. The number of hydrogen-bond acceptors (Lipinski definition) is 5. The molecule has 0 amide bonds. The molecule has 0 saturated heterocycles. The van der Waals surface area contributed by atoms with Gasteiger partial charge in [-0.15, -0.1) is 0 Å². The van der Waals surface area contributed by atoms with Crippen molar-refractivity contribution in [2.75, 3.05) is 5.73 Å². The van der Waals surface area contributed by atoms with E-state index >= 15 is 0 Å². The van der Waals surface area contributed by atoms with Gasteiger partial charge in [0, 0.05) is 15.6 Å². The number of aromatic carboxylic acids is 2. The van der Waals surface area contributed by atoms with Gasteiger partial charge in [-0.3, -0.25) is 4.79 Å². The summed E-state index contributed by atoms with van der Waals surface area (Å²) in [5, 5.41) is 19.2. The van der Waals surface area contributed by atoms with Gasteiger partial charge in [-0.2, -0.15) is 0 Å². The standard InChI is InChI=1S/C20H14BrFN2O6/c21-10-3-6-13(30-8-9-1-4-11(22)5-2-9)12(7-10)14-15(19(26)27)17(23)24-18(25)16(14)20(28)29/h1-7H,8H2,(H,26,27)(H,28,29)(H3,23,24,25). The Labute approximate surface area is 176 Å². The van der Waals surface area contributed by atoms with Crippen molar-refractivity contribution in [1.82, 2.24) is 4.98 Å². The maximum Gasteiger partial charge on any atom is 0.342 e. The fourth-order valence-electron chi connectivity index (χ4n) is 2.88. The molecule has 5 N–H and O–H groups in total. The monoisotopic (exact) mass is 476 g/mol. The van der Waals surface area contributed by atoms with Crippen LogP contribution in [-0.2, 0) is 6.61 Å². The van der Waals surface area contributed by atoms with Crippen LogP contribution in [0.15, 0.2) is 51.7 Å². The van der Waals surface area contributed by atoms with Crippen molar-refractivity contribution in [3.8, 4) is 16.9 Å². The molecule has 0 fully saturated rings. The summed E-state index contributed by atoms with van der Waals surface area (Å²) in [6.07, 6.45) is 0. The lowest BCUT2D eigenvalue weighted by Gasteiger charge is -2.16. The lowest BCUT2D eigenvalue weighted by Crippen LogP contribution is -2.24. The average Bonchev–Trinajstić information content (AvgIpc) is 2.66. The number of carboxylic acid groups (broad SMARTS) is 2. The zero-order valence-electron chi connectivity index (χ0n) is 15.1. The first-order valence-corrected chi connectivity index (χ1v) is 9.17. The number of aromatic nitrogens is 1. The molecule has 0 bridgehead atoms. The van der Waals surface area contributed by atoms with Crippen molar-refractivity contribution < 1.29 is 28.9 Å². The normalized spacial score (nSPS) is 10.6. The van der Waals surface area contributed by atoms with E-state index in [1.807, 2.05) is 4.98 Å². The number of nitrogens with one attached hydrogen (secondary N) is 1. The molecule has 30 heavy (non-hydrogen) atoms. The summed E-state index contributed by atoms with van der Waals surface area (Å²) in [6, 6.07) is 10.0. The molecule has 0 aliphatic heterocycles. The third kappa shape index (κ3) is 4.18. The summed E-state index contributed by atoms with van der Waals surface area (Å²) >= 11 is 3.25. The van der Waals surface area contributed by atoms with Crippen molar-refractivity contribution in [2.45, 2.75) is 6.61 Å². The van der Waals surface area contributed by atoms with Gasteiger partial charge in [0.2, 0.25) is 0 Å². The quantitative estimate of drug-likeness (QED) is 0.426. The van der Waals surface area contributed by atoms with E-state index in [2.05, 4.69) is 15.9 Å². The number of H-pyrrole nitrogens is 1. The highest BCUT2D eigenvalue weighted by molar-refractivity contribution is 9.10. The van der Waals surface area contributed by atoms with Crippen LogP contribution in [0.4, 0.5) is 10.2 Å². The van der Waals surface area contributed by atoms with Crippen LogP contribution in [0.2, 0.25) is 0 Å². The first kappa shape index (κ1) is 21.1. The number of carboxylic acids is 2. The summed E-state index contributed by atoms with van der Waals surface area (Å²) in [5.41, 5.74) is 3.55. The molecule has 0 radical (unpaired) electrons. The molecule has 3 aromatic rings. The van der Waals surface area contributed by atoms with Crippen molar-refractivity contribution in [2.24, 2.45) is 0 Å². The summed E-state index contributed by atoms with van der Waals surface area (Å²) in [6.45, 7) is -0.0155. The Balaban J connectivity index is 2.21. The third-order valence-electron chi connectivity index (χ3n) is 4.19. The first-order valence-electron chi connectivity index (χ1n) is 8.38. The van der Waals surface area contributed by atoms with Crippen LogP contribution in [0.25, 0.3) is 11.1 Å². The Morgan fingerprint density at radius 1 is 1.07 bits per heavy atom. The van der Waals surface area contributed by atoms with E-state index in [9.17, 15) is 29.0 Å². The van der Waals surface area contributed by atoms with Gasteiger partial charge >= 0.3 is 11.9 Å². The van der Waals surface area contributed by atoms with E-state index < -0.39 is 40.3 Å². The summed E-state index contributed by atoms with van der Waals surface area (Å²) in [4.78, 5) is 37.9. The molecular formula is C20H14BrFN2O6. The second kappa shape index (κ2) is 8.37. The number of nitrogens with two attached hydrogens (primary N) is 1.